The Labute approximate surface area is 107 Å². The minimum absolute atomic E-state index is 0.0301. The quantitative estimate of drug-likeness (QED) is 0.822. The molecule has 0 aliphatic heterocycles. The molecule has 1 aromatic carbocycles. The Morgan fingerprint density at radius 2 is 2.06 bits per heavy atom. The smallest absolute Gasteiger partial charge is 0.260 e. The van der Waals surface area contributed by atoms with Crippen LogP contribution in [0.5, 0.6) is 0 Å². The molecule has 0 aliphatic carbocycles. The number of hydrogen-bond donors (Lipinski definition) is 2. The lowest BCUT2D eigenvalue weighted by Crippen LogP contribution is -2.12. The molecule has 17 heavy (non-hydrogen) atoms. The van der Waals surface area contributed by atoms with E-state index in [-0.39, 0.29) is 10.8 Å². The van der Waals surface area contributed by atoms with Crippen LogP contribution in [0.2, 0.25) is 10.2 Å². The van der Waals surface area contributed by atoms with Crippen molar-refractivity contribution in [3.63, 3.8) is 0 Å². The number of halogens is 2. The van der Waals surface area contributed by atoms with Crippen molar-refractivity contribution in [3.8, 4) is 0 Å². The molecule has 0 fully saturated rings. The molecule has 0 unspecified atom stereocenters. The van der Waals surface area contributed by atoms with Gasteiger partial charge in [0.25, 0.3) is 5.91 Å². The van der Waals surface area contributed by atoms with Crippen LogP contribution in [0.4, 0.5) is 11.4 Å². The molecule has 2 aromatic rings. The van der Waals surface area contributed by atoms with Crippen LogP contribution in [0.25, 0.3) is 0 Å². The molecular formula is C11H8Cl2N2O2. The van der Waals surface area contributed by atoms with Crippen molar-refractivity contribution in [2.24, 2.45) is 0 Å². The fourth-order valence-electron chi connectivity index (χ4n) is 1.29. The standard InChI is InChI=1S/C11H8Cl2N2O2/c12-9-7(14)2-1-3-8(9)15-11(16)6-4-5-17-10(6)13/h1-5H,14H2,(H,15,16). The number of carbonyl (C=O) groups is 1. The van der Waals surface area contributed by atoms with E-state index in [2.05, 4.69) is 5.32 Å². The SMILES string of the molecule is Nc1cccc(NC(=O)c2ccoc2Cl)c1Cl. The zero-order valence-corrected chi connectivity index (χ0v) is 10.0. The average molecular weight is 271 g/mol. The third-order valence-corrected chi connectivity index (χ3v) is 2.85. The van der Waals surface area contributed by atoms with Crippen LogP contribution in [0.1, 0.15) is 10.4 Å². The summed E-state index contributed by atoms with van der Waals surface area (Å²) in [5, 5.41) is 2.92. The van der Waals surface area contributed by atoms with Gasteiger partial charge in [0, 0.05) is 0 Å². The molecule has 0 aliphatic rings. The van der Waals surface area contributed by atoms with Crippen molar-refractivity contribution < 1.29 is 9.21 Å². The van der Waals surface area contributed by atoms with E-state index < -0.39 is 5.91 Å². The monoisotopic (exact) mass is 270 g/mol. The number of nitrogen functional groups attached to an aromatic ring is 1. The van der Waals surface area contributed by atoms with Gasteiger partial charge in [-0.3, -0.25) is 4.79 Å². The van der Waals surface area contributed by atoms with Gasteiger partial charge in [-0.05, 0) is 29.8 Å². The zero-order chi connectivity index (χ0) is 12.4. The average Bonchev–Trinajstić information content (AvgIpc) is 2.71. The number of nitrogens with one attached hydrogen (secondary N) is 1. The van der Waals surface area contributed by atoms with Gasteiger partial charge in [-0.15, -0.1) is 0 Å². The Bertz CT molecular complexity index is 566. The topological polar surface area (TPSA) is 68.3 Å². The lowest BCUT2D eigenvalue weighted by Gasteiger charge is -2.07. The Balaban J connectivity index is 2.25. The molecule has 2 rings (SSSR count). The molecule has 1 heterocycles. The minimum Gasteiger partial charge on any atom is -0.452 e. The van der Waals surface area contributed by atoms with Gasteiger partial charge in [0.05, 0.1) is 28.2 Å². The van der Waals surface area contributed by atoms with Gasteiger partial charge in [0.1, 0.15) is 0 Å². The molecule has 0 saturated heterocycles. The van der Waals surface area contributed by atoms with E-state index in [9.17, 15) is 4.79 Å². The van der Waals surface area contributed by atoms with Crippen LogP contribution >= 0.6 is 23.2 Å². The van der Waals surface area contributed by atoms with Gasteiger partial charge in [-0.2, -0.15) is 0 Å². The fraction of sp³-hybridized carbons (Fsp3) is 0. The van der Waals surface area contributed by atoms with Crippen molar-refractivity contribution in [1.82, 2.24) is 0 Å². The van der Waals surface area contributed by atoms with E-state index in [4.69, 9.17) is 33.4 Å². The molecule has 1 aromatic heterocycles. The molecule has 4 nitrogen and oxygen atoms in total. The molecule has 0 radical (unpaired) electrons. The third-order valence-electron chi connectivity index (χ3n) is 2.14. The first-order valence-electron chi connectivity index (χ1n) is 4.68. The maximum absolute atomic E-state index is 11.8. The summed E-state index contributed by atoms with van der Waals surface area (Å²) < 4.78 is 4.82. The predicted molar refractivity (Wildman–Crippen MR) is 67.5 cm³/mol. The predicted octanol–water partition coefficient (Wildman–Crippen LogP) is 3.42. The summed E-state index contributed by atoms with van der Waals surface area (Å²) in [6, 6.07) is 6.44. The Morgan fingerprint density at radius 1 is 1.29 bits per heavy atom. The van der Waals surface area contributed by atoms with Crippen molar-refractivity contribution in [2.45, 2.75) is 0 Å². The highest BCUT2D eigenvalue weighted by molar-refractivity contribution is 6.37. The molecule has 0 atom stereocenters. The van der Waals surface area contributed by atoms with Gasteiger partial charge in [-0.1, -0.05) is 17.7 Å². The van der Waals surface area contributed by atoms with Crippen molar-refractivity contribution >= 4 is 40.5 Å². The van der Waals surface area contributed by atoms with Crippen LogP contribution in [0.3, 0.4) is 0 Å². The normalized spacial score (nSPS) is 10.2. The number of nitrogens with two attached hydrogens (primary N) is 1. The summed E-state index contributed by atoms with van der Waals surface area (Å²) in [7, 11) is 0. The summed E-state index contributed by atoms with van der Waals surface area (Å²) in [5.41, 5.74) is 6.67. The van der Waals surface area contributed by atoms with Crippen LogP contribution in [0.15, 0.2) is 34.9 Å². The van der Waals surface area contributed by atoms with Crippen molar-refractivity contribution in [2.75, 3.05) is 11.1 Å². The van der Waals surface area contributed by atoms with E-state index in [0.29, 0.717) is 16.4 Å². The Morgan fingerprint density at radius 3 is 2.71 bits per heavy atom. The number of rotatable bonds is 2. The lowest BCUT2D eigenvalue weighted by atomic mass is 10.2. The zero-order valence-electron chi connectivity index (χ0n) is 8.54. The van der Waals surface area contributed by atoms with E-state index in [0.717, 1.165) is 0 Å². The van der Waals surface area contributed by atoms with Crippen LogP contribution in [-0.4, -0.2) is 5.91 Å². The molecule has 1 amide bonds. The first-order chi connectivity index (χ1) is 8.09. The highest BCUT2D eigenvalue weighted by atomic mass is 35.5. The van der Waals surface area contributed by atoms with Crippen LogP contribution in [-0.2, 0) is 0 Å². The summed E-state index contributed by atoms with van der Waals surface area (Å²) in [6.07, 6.45) is 1.33. The third kappa shape index (κ3) is 2.38. The number of carbonyl (C=O) groups excluding carboxylic acids is 1. The van der Waals surface area contributed by atoms with E-state index in [1.807, 2.05) is 0 Å². The molecule has 0 bridgehead atoms. The molecule has 0 saturated carbocycles. The maximum atomic E-state index is 11.8. The van der Waals surface area contributed by atoms with Gasteiger partial charge in [0.2, 0.25) is 5.22 Å². The number of amides is 1. The number of anilines is 2. The number of hydrogen-bond acceptors (Lipinski definition) is 3. The summed E-state index contributed by atoms with van der Waals surface area (Å²) in [5.74, 6) is -0.406. The van der Waals surface area contributed by atoms with Gasteiger partial charge < -0.3 is 15.5 Å². The highest BCUT2D eigenvalue weighted by Crippen LogP contribution is 2.28. The molecule has 88 valence electrons. The number of benzene rings is 1. The second kappa shape index (κ2) is 4.69. The van der Waals surface area contributed by atoms with Crippen molar-refractivity contribution in [1.29, 1.82) is 0 Å². The fourth-order valence-corrected chi connectivity index (χ4v) is 1.67. The molecular weight excluding hydrogens is 263 g/mol. The van der Waals surface area contributed by atoms with Gasteiger partial charge >= 0.3 is 0 Å². The summed E-state index contributed by atoms with van der Waals surface area (Å²) >= 11 is 11.6. The van der Waals surface area contributed by atoms with Gasteiger partial charge in [0.15, 0.2) is 0 Å². The van der Waals surface area contributed by atoms with Crippen LogP contribution in [0, 0.1) is 0 Å². The summed E-state index contributed by atoms with van der Waals surface area (Å²) in [4.78, 5) is 11.8. The van der Waals surface area contributed by atoms with E-state index >= 15 is 0 Å². The highest BCUT2D eigenvalue weighted by Gasteiger charge is 2.14. The second-order valence-corrected chi connectivity index (χ2v) is 3.99. The van der Waals surface area contributed by atoms with Gasteiger partial charge in [-0.25, -0.2) is 0 Å². The largest absolute Gasteiger partial charge is 0.452 e. The van der Waals surface area contributed by atoms with Crippen molar-refractivity contribution in [3.05, 3.63) is 46.3 Å². The Hall–Kier alpha value is -1.65. The first kappa shape index (κ1) is 11.8. The molecule has 0 spiro atoms. The van der Waals surface area contributed by atoms with E-state index in [1.165, 1.54) is 12.3 Å². The molecule has 6 heteroatoms. The van der Waals surface area contributed by atoms with E-state index in [1.54, 1.807) is 18.2 Å². The molecule has 3 N–H and O–H groups in total. The first-order valence-corrected chi connectivity index (χ1v) is 5.43. The van der Waals surface area contributed by atoms with Crippen LogP contribution < -0.4 is 11.1 Å². The maximum Gasteiger partial charge on any atom is 0.260 e. The number of furan rings is 1. The summed E-state index contributed by atoms with van der Waals surface area (Å²) in [6.45, 7) is 0. The second-order valence-electron chi connectivity index (χ2n) is 3.27. The lowest BCUT2D eigenvalue weighted by molar-refractivity contribution is 0.102. The minimum atomic E-state index is -0.406. The Kier molecular flexibility index (Phi) is 3.26.